The Kier molecular flexibility index (Phi) is 4.02. The highest BCUT2D eigenvalue weighted by Crippen LogP contribution is 2.32. The molecule has 2 rings (SSSR count). The van der Waals surface area contributed by atoms with Crippen LogP contribution in [0.1, 0.15) is 21.9 Å². The number of halogens is 2. The van der Waals surface area contributed by atoms with E-state index < -0.39 is 5.97 Å². The number of ether oxygens (including phenoxy) is 1. The van der Waals surface area contributed by atoms with Crippen LogP contribution in [-0.2, 0) is 6.61 Å². The van der Waals surface area contributed by atoms with Crippen molar-refractivity contribution in [3.05, 3.63) is 51.4 Å². The SMILES string of the molecule is Cc1cc(COc2cccc(Cl)c2Cl)oc1C(=O)O. The molecular weight excluding hydrogens is 291 g/mol. The molecule has 0 aliphatic heterocycles. The monoisotopic (exact) mass is 300 g/mol. The van der Waals surface area contributed by atoms with E-state index in [4.69, 9.17) is 37.5 Å². The fourth-order valence-electron chi connectivity index (χ4n) is 1.58. The first kappa shape index (κ1) is 13.8. The number of hydrogen-bond donors (Lipinski definition) is 1. The second kappa shape index (κ2) is 5.55. The molecule has 1 aromatic heterocycles. The lowest BCUT2D eigenvalue weighted by molar-refractivity contribution is 0.0657. The second-order valence-corrected chi connectivity index (χ2v) is 4.66. The highest BCUT2D eigenvalue weighted by Gasteiger charge is 2.15. The lowest BCUT2D eigenvalue weighted by atomic mass is 10.3. The van der Waals surface area contributed by atoms with Gasteiger partial charge in [-0.2, -0.15) is 0 Å². The summed E-state index contributed by atoms with van der Waals surface area (Å²) in [6.07, 6.45) is 0. The van der Waals surface area contributed by atoms with Crippen LogP contribution >= 0.6 is 23.2 Å². The number of aromatic carboxylic acids is 1. The molecule has 1 heterocycles. The molecule has 0 aliphatic carbocycles. The molecule has 0 spiro atoms. The topological polar surface area (TPSA) is 59.7 Å². The van der Waals surface area contributed by atoms with E-state index in [9.17, 15) is 4.79 Å². The van der Waals surface area contributed by atoms with Crippen LogP contribution in [0.25, 0.3) is 0 Å². The van der Waals surface area contributed by atoms with Crippen molar-refractivity contribution in [3.63, 3.8) is 0 Å². The zero-order chi connectivity index (χ0) is 14.0. The minimum Gasteiger partial charge on any atom is -0.484 e. The molecule has 100 valence electrons. The Bertz CT molecular complexity index is 619. The summed E-state index contributed by atoms with van der Waals surface area (Å²) >= 11 is 11.8. The van der Waals surface area contributed by atoms with Gasteiger partial charge in [-0.15, -0.1) is 0 Å². The zero-order valence-electron chi connectivity index (χ0n) is 9.94. The molecule has 0 saturated heterocycles. The largest absolute Gasteiger partial charge is 0.484 e. The van der Waals surface area contributed by atoms with Gasteiger partial charge in [-0.25, -0.2) is 4.79 Å². The number of carboxylic acid groups (broad SMARTS) is 1. The lowest BCUT2D eigenvalue weighted by Crippen LogP contribution is -1.96. The summed E-state index contributed by atoms with van der Waals surface area (Å²) in [5.41, 5.74) is 0.545. The molecule has 0 saturated carbocycles. The summed E-state index contributed by atoms with van der Waals surface area (Å²) in [5.74, 6) is -0.369. The van der Waals surface area contributed by atoms with Gasteiger partial charge < -0.3 is 14.3 Å². The Morgan fingerprint density at radius 3 is 2.79 bits per heavy atom. The van der Waals surface area contributed by atoms with Gasteiger partial charge in [0.15, 0.2) is 0 Å². The lowest BCUT2D eigenvalue weighted by Gasteiger charge is -2.06. The van der Waals surface area contributed by atoms with Crippen LogP contribution < -0.4 is 4.74 Å². The normalized spacial score (nSPS) is 10.5. The standard InChI is InChI=1S/C13H10Cl2O4/c1-7-5-8(19-12(7)13(16)17)6-18-10-4-2-3-9(14)11(10)15/h2-5H,6H2,1H3,(H,16,17). The maximum atomic E-state index is 10.8. The molecule has 1 N–H and O–H groups in total. The molecule has 4 nitrogen and oxygen atoms in total. The molecule has 0 atom stereocenters. The molecular formula is C13H10Cl2O4. The van der Waals surface area contributed by atoms with Crippen LogP contribution in [0.2, 0.25) is 10.0 Å². The summed E-state index contributed by atoms with van der Waals surface area (Å²) in [6, 6.07) is 6.64. The Morgan fingerprint density at radius 1 is 1.42 bits per heavy atom. The Labute approximate surface area is 119 Å². The van der Waals surface area contributed by atoms with Crippen molar-refractivity contribution in [1.29, 1.82) is 0 Å². The molecule has 19 heavy (non-hydrogen) atoms. The summed E-state index contributed by atoms with van der Waals surface area (Å²) in [4.78, 5) is 10.8. The molecule has 0 amide bonds. The predicted octanol–water partition coefficient (Wildman–Crippen LogP) is 4.17. The number of furan rings is 1. The fraction of sp³-hybridized carbons (Fsp3) is 0.154. The fourth-order valence-corrected chi connectivity index (χ4v) is 1.92. The van der Waals surface area contributed by atoms with Crippen molar-refractivity contribution < 1.29 is 19.1 Å². The van der Waals surface area contributed by atoms with E-state index in [0.717, 1.165) is 0 Å². The minimum absolute atomic E-state index is 0.0776. The molecule has 1 aromatic carbocycles. The van der Waals surface area contributed by atoms with Gasteiger partial charge in [-0.3, -0.25) is 0 Å². The van der Waals surface area contributed by atoms with Crippen LogP contribution in [0.5, 0.6) is 5.75 Å². The highest BCUT2D eigenvalue weighted by molar-refractivity contribution is 6.42. The van der Waals surface area contributed by atoms with Crippen molar-refractivity contribution in [1.82, 2.24) is 0 Å². The van der Waals surface area contributed by atoms with Crippen molar-refractivity contribution in [2.24, 2.45) is 0 Å². The minimum atomic E-state index is -1.11. The number of aryl methyl sites for hydroxylation is 1. The van der Waals surface area contributed by atoms with E-state index in [-0.39, 0.29) is 12.4 Å². The van der Waals surface area contributed by atoms with Gasteiger partial charge in [0.05, 0.1) is 5.02 Å². The van der Waals surface area contributed by atoms with E-state index >= 15 is 0 Å². The number of carboxylic acids is 1. The smallest absolute Gasteiger partial charge is 0.372 e. The van der Waals surface area contributed by atoms with Crippen LogP contribution in [-0.4, -0.2) is 11.1 Å². The molecule has 0 fully saturated rings. The van der Waals surface area contributed by atoms with Gasteiger partial charge in [0.1, 0.15) is 23.1 Å². The quantitative estimate of drug-likeness (QED) is 0.920. The number of benzene rings is 1. The van der Waals surface area contributed by atoms with E-state index in [1.165, 1.54) is 0 Å². The van der Waals surface area contributed by atoms with Crippen molar-refractivity contribution in [2.75, 3.05) is 0 Å². The maximum Gasteiger partial charge on any atom is 0.372 e. The highest BCUT2D eigenvalue weighted by atomic mass is 35.5. The van der Waals surface area contributed by atoms with Gasteiger partial charge in [0.2, 0.25) is 5.76 Å². The van der Waals surface area contributed by atoms with E-state index in [0.29, 0.717) is 27.1 Å². The van der Waals surface area contributed by atoms with Crippen LogP contribution in [0.15, 0.2) is 28.7 Å². The number of hydrogen-bond acceptors (Lipinski definition) is 3. The van der Waals surface area contributed by atoms with Crippen LogP contribution in [0.3, 0.4) is 0 Å². The average Bonchev–Trinajstić information content (AvgIpc) is 2.73. The summed E-state index contributed by atoms with van der Waals surface area (Å²) in [7, 11) is 0. The van der Waals surface area contributed by atoms with Crippen LogP contribution in [0, 0.1) is 6.92 Å². The molecule has 0 bridgehead atoms. The van der Waals surface area contributed by atoms with E-state index in [1.54, 1.807) is 31.2 Å². The third-order valence-corrected chi connectivity index (χ3v) is 3.25. The molecule has 2 aromatic rings. The molecule has 6 heteroatoms. The molecule has 0 unspecified atom stereocenters. The molecule has 0 radical (unpaired) electrons. The third kappa shape index (κ3) is 3.03. The Hall–Kier alpha value is -1.65. The van der Waals surface area contributed by atoms with Gasteiger partial charge in [0.25, 0.3) is 0 Å². The molecule has 0 aliphatic rings. The van der Waals surface area contributed by atoms with Gasteiger partial charge in [0, 0.05) is 5.56 Å². The van der Waals surface area contributed by atoms with Crippen molar-refractivity contribution in [2.45, 2.75) is 13.5 Å². The van der Waals surface area contributed by atoms with E-state index in [1.807, 2.05) is 0 Å². The predicted molar refractivity (Wildman–Crippen MR) is 71.2 cm³/mol. The van der Waals surface area contributed by atoms with Crippen LogP contribution in [0.4, 0.5) is 0 Å². The van der Waals surface area contributed by atoms with Gasteiger partial charge >= 0.3 is 5.97 Å². The summed E-state index contributed by atoms with van der Waals surface area (Å²) in [5, 5.41) is 9.57. The maximum absolute atomic E-state index is 10.8. The zero-order valence-corrected chi connectivity index (χ0v) is 11.5. The summed E-state index contributed by atoms with van der Waals surface area (Å²) in [6.45, 7) is 1.73. The first-order chi connectivity index (χ1) is 8.99. The Balaban J connectivity index is 2.13. The number of carbonyl (C=O) groups is 1. The van der Waals surface area contributed by atoms with Gasteiger partial charge in [-0.1, -0.05) is 29.3 Å². The third-order valence-electron chi connectivity index (χ3n) is 2.45. The van der Waals surface area contributed by atoms with Crippen molar-refractivity contribution >= 4 is 29.2 Å². The van der Waals surface area contributed by atoms with Gasteiger partial charge in [-0.05, 0) is 25.1 Å². The first-order valence-corrected chi connectivity index (χ1v) is 6.14. The average molecular weight is 301 g/mol. The number of rotatable bonds is 4. The second-order valence-electron chi connectivity index (χ2n) is 3.87. The van der Waals surface area contributed by atoms with Crippen molar-refractivity contribution in [3.8, 4) is 5.75 Å². The van der Waals surface area contributed by atoms with E-state index in [2.05, 4.69) is 0 Å². The Morgan fingerprint density at radius 2 is 2.16 bits per heavy atom. The first-order valence-electron chi connectivity index (χ1n) is 5.38. The summed E-state index contributed by atoms with van der Waals surface area (Å²) < 4.78 is 10.6.